The molecule has 3 aromatic carbocycles. The Kier molecular flexibility index (Phi) is 9.33. The van der Waals surface area contributed by atoms with Crippen LogP contribution in [0.3, 0.4) is 0 Å². The molecule has 1 fully saturated rings. The molecule has 0 unspecified atom stereocenters. The first kappa shape index (κ1) is 29.5. The van der Waals surface area contributed by atoms with Crippen molar-refractivity contribution in [1.29, 1.82) is 0 Å². The average Bonchev–Trinajstić information content (AvgIpc) is 2.90. The molecule has 0 atom stereocenters. The molecular weight excluding hydrogens is 583 g/mol. The third-order valence-corrected chi connectivity index (χ3v) is 10.7. The monoisotopic (exact) mass is 610 g/mol. The maximum atomic E-state index is 13.5. The molecule has 1 saturated heterocycles. The summed E-state index contributed by atoms with van der Waals surface area (Å²) in [5.41, 5.74) is 0.863. The molecule has 0 spiro atoms. The molecule has 3 aromatic rings. The number of nitrogens with one attached hydrogen (secondary N) is 1. The highest BCUT2D eigenvalue weighted by Gasteiger charge is 2.29. The van der Waals surface area contributed by atoms with Crippen molar-refractivity contribution in [2.24, 2.45) is 0 Å². The number of likely N-dealkylation sites (N-methyl/N-ethyl adjacent to an activating group) is 1. The van der Waals surface area contributed by atoms with Crippen molar-refractivity contribution in [1.82, 2.24) is 13.5 Å². The number of hydrogen-bond acceptors (Lipinski definition) is 6. The van der Waals surface area contributed by atoms with Crippen molar-refractivity contribution in [2.45, 2.75) is 16.3 Å². The van der Waals surface area contributed by atoms with Crippen LogP contribution in [0.4, 0.5) is 5.69 Å². The van der Waals surface area contributed by atoms with Crippen LogP contribution in [0.1, 0.15) is 5.56 Å². The Balaban J connectivity index is 1.51. The van der Waals surface area contributed by atoms with E-state index >= 15 is 0 Å². The maximum absolute atomic E-state index is 13.5. The number of nitrogens with zero attached hydrogens (tertiary/aromatic N) is 3. The van der Waals surface area contributed by atoms with Crippen molar-refractivity contribution in [2.75, 3.05) is 45.1 Å². The van der Waals surface area contributed by atoms with Crippen LogP contribution < -0.4 is 5.32 Å². The number of carbonyl (C=O) groups is 1. The van der Waals surface area contributed by atoms with E-state index in [0.29, 0.717) is 47.5 Å². The Morgan fingerprint density at radius 2 is 1.44 bits per heavy atom. The Hall–Kier alpha value is -2.51. The van der Waals surface area contributed by atoms with Crippen LogP contribution in [-0.4, -0.2) is 76.0 Å². The van der Waals surface area contributed by atoms with Crippen LogP contribution >= 0.6 is 23.2 Å². The van der Waals surface area contributed by atoms with Crippen LogP contribution in [0.2, 0.25) is 10.0 Å². The first-order chi connectivity index (χ1) is 18.5. The predicted octanol–water partition coefficient (Wildman–Crippen LogP) is 3.76. The van der Waals surface area contributed by atoms with E-state index in [4.69, 9.17) is 23.2 Å². The first-order valence-corrected chi connectivity index (χ1v) is 15.7. The first-order valence-electron chi connectivity index (χ1n) is 12.0. The summed E-state index contributed by atoms with van der Waals surface area (Å²) in [6.45, 7) is 1.47. The zero-order chi connectivity index (χ0) is 28.2. The molecule has 39 heavy (non-hydrogen) atoms. The number of hydrogen-bond donors (Lipinski definition) is 1. The van der Waals surface area contributed by atoms with E-state index in [1.807, 2.05) is 7.05 Å². The number of amides is 1. The Morgan fingerprint density at radius 3 is 2.05 bits per heavy atom. The minimum absolute atomic E-state index is 0.0229. The third kappa shape index (κ3) is 7.17. The van der Waals surface area contributed by atoms with Gasteiger partial charge in [0.2, 0.25) is 26.0 Å². The standard InChI is InChI=1S/C26H28Cl2N4O5S2/c1-30-14-16-31(17-15-30)38(34,35)24-12-8-22(9-13-24)29-26(33)19-32(18-20-4-2-3-5-25(20)28)39(36,37)23-10-6-21(27)7-11-23/h2-13H,14-19H2,1H3,(H,29,33). The zero-order valence-electron chi connectivity index (χ0n) is 21.1. The van der Waals surface area contributed by atoms with Gasteiger partial charge in [0.05, 0.1) is 16.3 Å². The van der Waals surface area contributed by atoms with E-state index in [2.05, 4.69) is 10.2 Å². The Morgan fingerprint density at radius 1 is 0.846 bits per heavy atom. The predicted molar refractivity (Wildman–Crippen MR) is 152 cm³/mol. The van der Waals surface area contributed by atoms with Gasteiger partial charge in [-0.3, -0.25) is 4.79 Å². The van der Waals surface area contributed by atoms with Crippen molar-refractivity contribution in [3.63, 3.8) is 0 Å². The summed E-state index contributed by atoms with van der Waals surface area (Å²) in [7, 11) is -5.81. The Bertz CT molecular complexity index is 1530. The van der Waals surface area contributed by atoms with Gasteiger partial charge in [-0.1, -0.05) is 41.4 Å². The minimum atomic E-state index is -4.10. The molecule has 0 aromatic heterocycles. The molecule has 9 nitrogen and oxygen atoms in total. The number of carbonyl (C=O) groups excluding carboxylic acids is 1. The lowest BCUT2D eigenvalue weighted by Crippen LogP contribution is -2.46. The Labute approximate surface area is 239 Å². The second-order valence-electron chi connectivity index (χ2n) is 9.10. The molecule has 4 rings (SSSR count). The highest BCUT2D eigenvalue weighted by Crippen LogP contribution is 2.24. The highest BCUT2D eigenvalue weighted by molar-refractivity contribution is 7.89. The van der Waals surface area contributed by atoms with Gasteiger partial charge >= 0.3 is 0 Å². The molecule has 1 N–H and O–H groups in total. The molecule has 0 aliphatic carbocycles. The van der Waals surface area contributed by atoms with Crippen molar-refractivity contribution >= 4 is 54.8 Å². The minimum Gasteiger partial charge on any atom is -0.325 e. The lowest BCUT2D eigenvalue weighted by Gasteiger charge is -2.31. The maximum Gasteiger partial charge on any atom is 0.243 e. The average molecular weight is 612 g/mol. The van der Waals surface area contributed by atoms with E-state index in [9.17, 15) is 21.6 Å². The van der Waals surface area contributed by atoms with Gasteiger partial charge in [0.15, 0.2) is 0 Å². The molecule has 1 aliphatic rings. The fraction of sp³-hybridized carbons (Fsp3) is 0.269. The number of rotatable bonds is 9. The molecule has 0 saturated carbocycles. The second-order valence-corrected chi connectivity index (χ2v) is 13.8. The van der Waals surface area contributed by atoms with Gasteiger partial charge < -0.3 is 10.2 Å². The van der Waals surface area contributed by atoms with Gasteiger partial charge in [-0.15, -0.1) is 0 Å². The highest BCUT2D eigenvalue weighted by atomic mass is 35.5. The van der Waals surface area contributed by atoms with Crippen LogP contribution in [0.15, 0.2) is 82.6 Å². The van der Waals surface area contributed by atoms with Crippen LogP contribution in [0.25, 0.3) is 0 Å². The largest absolute Gasteiger partial charge is 0.325 e. The van der Waals surface area contributed by atoms with Gasteiger partial charge in [-0.2, -0.15) is 8.61 Å². The topological polar surface area (TPSA) is 107 Å². The summed E-state index contributed by atoms with van der Waals surface area (Å²) in [4.78, 5) is 15.1. The van der Waals surface area contributed by atoms with Crippen molar-refractivity contribution < 1.29 is 21.6 Å². The third-order valence-electron chi connectivity index (χ3n) is 6.31. The number of halogens is 2. The summed E-state index contributed by atoms with van der Waals surface area (Å²) < 4.78 is 55.3. The molecule has 13 heteroatoms. The summed E-state index contributed by atoms with van der Waals surface area (Å²) in [5.74, 6) is -0.603. The molecule has 1 amide bonds. The summed E-state index contributed by atoms with van der Waals surface area (Å²) in [5, 5.41) is 3.40. The smallest absolute Gasteiger partial charge is 0.243 e. The van der Waals surface area contributed by atoms with Crippen LogP contribution in [-0.2, 0) is 31.4 Å². The molecule has 208 valence electrons. The molecular formula is C26H28Cl2N4O5S2. The molecule has 0 bridgehead atoms. The van der Waals surface area contributed by atoms with Crippen LogP contribution in [0, 0.1) is 0 Å². The van der Waals surface area contributed by atoms with E-state index in [1.54, 1.807) is 24.3 Å². The quantitative estimate of drug-likeness (QED) is 0.395. The van der Waals surface area contributed by atoms with E-state index in [1.165, 1.54) is 52.8 Å². The number of sulfonamides is 2. The molecule has 1 heterocycles. The van der Waals surface area contributed by atoms with Crippen molar-refractivity contribution in [3.8, 4) is 0 Å². The van der Waals surface area contributed by atoms with Gasteiger partial charge in [0.1, 0.15) is 0 Å². The summed E-state index contributed by atoms with van der Waals surface area (Å²) in [6.07, 6.45) is 0. The zero-order valence-corrected chi connectivity index (χ0v) is 24.3. The molecule has 1 aliphatic heterocycles. The van der Waals surface area contributed by atoms with Gasteiger partial charge in [0.25, 0.3) is 0 Å². The van der Waals surface area contributed by atoms with E-state index in [-0.39, 0.29) is 16.3 Å². The second kappa shape index (κ2) is 12.3. The van der Waals surface area contributed by atoms with Gasteiger partial charge in [-0.05, 0) is 67.2 Å². The van der Waals surface area contributed by atoms with Gasteiger partial charge in [-0.25, -0.2) is 16.8 Å². The van der Waals surface area contributed by atoms with Gasteiger partial charge in [0, 0.05) is 48.5 Å². The number of anilines is 1. The number of benzene rings is 3. The van der Waals surface area contributed by atoms with E-state index in [0.717, 1.165) is 4.31 Å². The van der Waals surface area contributed by atoms with E-state index < -0.39 is 32.5 Å². The summed E-state index contributed by atoms with van der Waals surface area (Å²) in [6, 6.07) is 18.2. The van der Waals surface area contributed by atoms with Crippen molar-refractivity contribution in [3.05, 3.63) is 88.4 Å². The number of piperazine rings is 1. The fourth-order valence-electron chi connectivity index (χ4n) is 4.05. The lowest BCUT2D eigenvalue weighted by atomic mass is 10.2. The SMILES string of the molecule is CN1CCN(S(=O)(=O)c2ccc(NC(=O)CN(Cc3ccccc3Cl)S(=O)(=O)c3ccc(Cl)cc3)cc2)CC1. The molecule has 0 radical (unpaired) electrons. The lowest BCUT2D eigenvalue weighted by molar-refractivity contribution is -0.116. The summed E-state index contributed by atoms with van der Waals surface area (Å²) >= 11 is 12.2. The fourth-order valence-corrected chi connectivity index (χ4v) is 7.16. The van der Waals surface area contributed by atoms with Crippen LogP contribution in [0.5, 0.6) is 0 Å². The normalized spacial score (nSPS) is 15.4.